The van der Waals surface area contributed by atoms with Gasteiger partial charge in [-0.25, -0.2) is 0 Å². The summed E-state index contributed by atoms with van der Waals surface area (Å²) in [7, 11) is 2.04. The zero-order valence-corrected chi connectivity index (χ0v) is 15.1. The minimum atomic E-state index is 0.198. The van der Waals surface area contributed by atoms with Crippen LogP contribution in [0.5, 0.6) is 11.5 Å². The van der Waals surface area contributed by atoms with Gasteiger partial charge in [0.25, 0.3) is 0 Å². The van der Waals surface area contributed by atoms with Gasteiger partial charge in [-0.1, -0.05) is 24.3 Å². The van der Waals surface area contributed by atoms with Crippen LogP contribution in [-0.2, 0) is 17.8 Å². The largest absolute Gasteiger partial charge is 0.486 e. The summed E-state index contributed by atoms with van der Waals surface area (Å²) >= 11 is 0. The molecule has 2 aromatic rings. The van der Waals surface area contributed by atoms with Gasteiger partial charge in [-0.3, -0.25) is 4.79 Å². The van der Waals surface area contributed by atoms with Crippen molar-refractivity contribution in [3.05, 3.63) is 53.6 Å². The molecule has 4 rings (SSSR count). The predicted octanol–water partition coefficient (Wildman–Crippen LogP) is 2.87. The SMILES string of the molecule is CN(CCC(=O)N1CCc2ccccc21)Cc1ccc2c(c1)OCCO2. The Bertz CT molecular complexity index is 806. The Hall–Kier alpha value is -2.53. The minimum absolute atomic E-state index is 0.198. The van der Waals surface area contributed by atoms with Crippen molar-refractivity contribution in [1.82, 2.24) is 4.90 Å². The molecule has 5 nitrogen and oxygen atoms in total. The Morgan fingerprint density at radius 1 is 1.12 bits per heavy atom. The third-order valence-electron chi connectivity index (χ3n) is 4.95. The average Bonchev–Trinajstić information content (AvgIpc) is 3.10. The van der Waals surface area contributed by atoms with Crippen molar-refractivity contribution in [2.75, 3.05) is 38.3 Å². The number of rotatable bonds is 5. The summed E-state index contributed by atoms with van der Waals surface area (Å²) in [5.74, 6) is 1.82. The van der Waals surface area contributed by atoms with Crippen molar-refractivity contribution in [2.45, 2.75) is 19.4 Å². The molecule has 1 amide bonds. The molecule has 2 heterocycles. The topological polar surface area (TPSA) is 42.0 Å². The highest BCUT2D eigenvalue weighted by molar-refractivity contribution is 5.95. The summed E-state index contributed by atoms with van der Waals surface area (Å²) in [5, 5.41) is 0. The number of para-hydroxylation sites is 1. The van der Waals surface area contributed by atoms with Gasteiger partial charge in [-0.05, 0) is 42.8 Å². The number of anilines is 1. The lowest BCUT2D eigenvalue weighted by molar-refractivity contribution is -0.118. The normalized spacial score (nSPS) is 15.2. The number of carbonyl (C=O) groups excluding carboxylic acids is 1. The highest BCUT2D eigenvalue weighted by Gasteiger charge is 2.23. The van der Waals surface area contributed by atoms with E-state index in [-0.39, 0.29) is 5.91 Å². The van der Waals surface area contributed by atoms with E-state index in [2.05, 4.69) is 17.0 Å². The van der Waals surface area contributed by atoms with Crippen molar-refractivity contribution in [2.24, 2.45) is 0 Å². The monoisotopic (exact) mass is 352 g/mol. The van der Waals surface area contributed by atoms with Gasteiger partial charge in [-0.2, -0.15) is 0 Å². The Labute approximate surface area is 154 Å². The van der Waals surface area contributed by atoms with E-state index in [9.17, 15) is 4.79 Å². The van der Waals surface area contributed by atoms with E-state index >= 15 is 0 Å². The highest BCUT2D eigenvalue weighted by Crippen LogP contribution is 2.31. The lowest BCUT2D eigenvalue weighted by Crippen LogP contribution is -2.32. The third-order valence-corrected chi connectivity index (χ3v) is 4.95. The number of hydrogen-bond acceptors (Lipinski definition) is 4. The first-order chi connectivity index (χ1) is 12.7. The van der Waals surface area contributed by atoms with E-state index in [1.54, 1.807) is 0 Å². The van der Waals surface area contributed by atoms with E-state index in [1.165, 1.54) is 5.56 Å². The summed E-state index contributed by atoms with van der Waals surface area (Å²) in [6, 6.07) is 14.2. The molecule has 0 aromatic heterocycles. The molecule has 136 valence electrons. The van der Waals surface area contributed by atoms with Gasteiger partial charge in [-0.15, -0.1) is 0 Å². The van der Waals surface area contributed by atoms with E-state index in [0.29, 0.717) is 19.6 Å². The Morgan fingerprint density at radius 2 is 1.92 bits per heavy atom. The van der Waals surface area contributed by atoms with Crippen LogP contribution in [0.3, 0.4) is 0 Å². The molecule has 2 aliphatic rings. The second-order valence-corrected chi connectivity index (χ2v) is 6.89. The summed E-state index contributed by atoms with van der Waals surface area (Å²) in [6.45, 7) is 3.50. The number of carbonyl (C=O) groups is 1. The second-order valence-electron chi connectivity index (χ2n) is 6.89. The van der Waals surface area contributed by atoms with Crippen LogP contribution in [0.1, 0.15) is 17.5 Å². The van der Waals surface area contributed by atoms with Crippen molar-refractivity contribution >= 4 is 11.6 Å². The van der Waals surface area contributed by atoms with E-state index in [4.69, 9.17) is 9.47 Å². The van der Waals surface area contributed by atoms with Gasteiger partial charge in [0.2, 0.25) is 5.91 Å². The second kappa shape index (κ2) is 7.38. The van der Waals surface area contributed by atoms with Crippen molar-refractivity contribution in [3.8, 4) is 11.5 Å². The fourth-order valence-corrected chi connectivity index (χ4v) is 3.60. The molecule has 0 saturated heterocycles. The lowest BCUT2D eigenvalue weighted by atomic mass is 10.1. The van der Waals surface area contributed by atoms with E-state index in [1.807, 2.05) is 42.3 Å². The van der Waals surface area contributed by atoms with Crippen LogP contribution in [0.25, 0.3) is 0 Å². The maximum atomic E-state index is 12.6. The Kier molecular flexibility index (Phi) is 4.80. The molecule has 0 unspecified atom stereocenters. The number of benzene rings is 2. The van der Waals surface area contributed by atoms with Crippen LogP contribution in [-0.4, -0.2) is 44.2 Å². The number of fused-ring (bicyclic) bond motifs is 2. The van der Waals surface area contributed by atoms with Crippen molar-refractivity contribution < 1.29 is 14.3 Å². The number of amides is 1. The molecule has 0 atom stereocenters. The summed E-state index contributed by atoms with van der Waals surface area (Å²) in [6.07, 6.45) is 1.48. The molecular weight excluding hydrogens is 328 g/mol. The van der Waals surface area contributed by atoms with Crippen LogP contribution in [0.15, 0.2) is 42.5 Å². The number of nitrogens with zero attached hydrogens (tertiary/aromatic N) is 2. The van der Waals surface area contributed by atoms with Crippen LogP contribution in [0.4, 0.5) is 5.69 Å². The number of ether oxygens (including phenoxy) is 2. The molecular formula is C21H24N2O3. The van der Waals surface area contributed by atoms with Gasteiger partial charge >= 0.3 is 0 Å². The first-order valence-electron chi connectivity index (χ1n) is 9.16. The first-order valence-corrected chi connectivity index (χ1v) is 9.16. The van der Waals surface area contributed by atoms with Gasteiger partial charge < -0.3 is 19.3 Å². The molecule has 0 radical (unpaired) electrons. The van der Waals surface area contributed by atoms with Crippen LogP contribution < -0.4 is 14.4 Å². The van der Waals surface area contributed by atoms with Crippen molar-refractivity contribution in [1.29, 1.82) is 0 Å². The average molecular weight is 352 g/mol. The quantitative estimate of drug-likeness (QED) is 0.830. The zero-order chi connectivity index (χ0) is 17.9. The fourth-order valence-electron chi connectivity index (χ4n) is 3.60. The molecule has 0 saturated carbocycles. The summed E-state index contributed by atoms with van der Waals surface area (Å²) in [4.78, 5) is 16.7. The van der Waals surface area contributed by atoms with E-state index < -0.39 is 0 Å². The number of hydrogen-bond donors (Lipinski definition) is 0. The first kappa shape index (κ1) is 16.9. The molecule has 26 heavy (non-hydrogen) atoms. The van der Waals surface area contributed by atoms with Crippen LogP contribution >= 0.6 is 0 Å². The molecule has 0 fully saturated rings. The van der Waals surface area contributed by atoms with Crippen molar-refractivity contribution in [3.63, 3.8) is 0 Å². The molecule has 0 spiro atoms. The third kappa shape index (κ3) is 3.53. The molecule has 0 N–H and O–H groups in total. The smallest absolute Gasteiger partial charge is 0.228 e. The zero-order valence-electron chi connectivity index (χ0n) is 15.1. The molecule has 0 bridgehead atoms. The van der Waals surface area contributed by atoms with Gasteiger partial charge in [0.05, 0.1) is 0 Å². The minimum Gasteiger partial charge on any atom is -0.486 e. The summed E-state index contributed by atoms with van der Waals surface area (Å²) in [5.41, 5.74) is 3.51. The Morgan fingerprint density at radius 3 is 2.81 bits per heavy atom. The van der Waals surface area contributed by atoms with E-state index in [0.717, 1.165) is 48.8 Å². The Balaban J connectivity index is 1.32. The molecule has 5 heteroatoms. The molecule has 2 aliphatic heterocycles. The van der Waals surface area contributed by atoms with Gasteiger partial charge in [0, 0.05) is 31.7 Å². The predicted molar refractivity (Wildman–Crippen MR) is 101 cm³/mol. The van der Waals surface area contributed by atoms with Gasteiger partial charge in [0.1, 0.15) is 13.2 Å². The highest BCUT2D eigenvalue weighted by atomic mass is 16.6. The van der Waals surface area contributed by atoms with Crippen LogP contribution in [0, 0.1) is 0 Å². The maximum absolute atomic E-state index is 12.6. The maximum Gasteiger partial charge on any atom is 0.228 e. The summed E-state index contributed by atoms with van der Waals surface area (Å²) < 4.78 is 11.2. The lowest BCUT2D eigenvalue weighted by Gasteiger charge is -2.22. The molecule has 0 aliphatic carbocycles. The van der Waals surface area contributed by atoms with Crippen LogP contribution in [0.2, 0.25) is 0 Å². The standard InChI is InChI=1S/C21H24N2O3/c1-22(15-16-6-7-19-20(14-16)26-13-12-25-19)10-9-21(24)23-11-8-17-4-2-3-5-18(17)23/h2-7,14H,8-13,15H2,1H3. The van der Waals surface area contributed by atoms with Gasteiger partial charge in [0.15, 0.2) is 11.5 Å². The molecule has 2 aromatic carbocycles. The fraction of sp³-hybridized carbons (Fsp3) is 0.381.